The molecule has 3 heteroatoms. The highest BCUT2D eigenvalue weighted by Gasteiger charge is 2.06. The number of pyridine rings is 1. The highest BCUT2D eigenvalue weighted by molar-refractivity contribution is 5.09. The number of nitriles is 1. The van der Waals surface area contributed by atoms with Crippen molar-refractivity contribution in [3.63, 3.8) is 0 Å². The van der Waals surface area contributed by atoms with Crippen molar-refractivity contribution in [1.29, 1.82) is 5.26 Å². The second-order valence-corrected chi connectivity index (χ2v) is 3.08. The molecular formula is C10H13N3. The first kappa shape index (κ1) is 9.69. The molecule has 68 valence electrons. The van der Waals surface area contributed by atoms with Gasteiger partial charge in [-0.2, -0.15) is 5.26 Å². The van der Waals surface area contributed by atoms with Crippen LogP contribution in [0.2, 0.25) is 0 Å². The Kier molecular flexibility index (Phi) is 3.41. The molecule has 1 aromatic heterocycles. The first-order chi connectivity index (χ1) is 6.24. The zero-order valence-corrected chi connectivity index (χ0v) is 7.94. The first-order valence-electron chi connectivity index (χ1n) is 4.23. The molecule has 1 aromatic rings. The predicted octanol–water partition coefficient (Wildman–Crippen LogP) is 1.43. The molecule has 0 saturated heterocycles. The maximum Gasteiger partial charge on any atom is 0.0949 e. The molecule has 0 aromatic carbocycles. The van der Waals surface area contributed by atoms with Gasteiger partial charge in [0, 0.05) is 18.9 Å². The molecule has 1 rings (SSSR count). The van der Waals surface area contributed by atoms with Crippen molar-refractivity contribution >= 4 is 0 Å². The summed E-state index contributed by atoms with van der Waals surface area (Å²) in [6.45, 7) is 2.68. The van der Waals surface area contributed by atoms with Crippen LogP contribution in [-0.4, -0.2) is 23.0 Å². The van der Waals surface area contributed by atoms with E-state index in [-0.39, 0.29) is 6.04 Å². The Balaban J connectivity index is 2.56. The fraction of sp³-hybridized carbons (Fsp3) is 0.400. The van der Waals surface area contributed by atoms with E-state index in [0.717, 1.165) is 6.54 Å². The van der Waals surface area contributed by atoms with Crippen molar-refractivity contribution in [2.24, 2.45) is 0 Å². The van der Waals surface area contributed by atoms with Crippen LogP contribution in [0.15, 0.2) is 24.5 Å². The van der Waals surface area contributed by atoms with Crippen LogP contribution in [0.25, 0.3) is 0 Å². The van der Waals surface area contributed by atoms with Crippen molar-refractivity contribution in [2.75, 3.05) is 7.05 Å². The third kappa shape index (κ3) is 2.85. The van der Waals surface area contributed by atoms with Crippen molar-refractivity contribution in [3.05, 3.63) is 30.1 Å². The average molecular weight is 175 g/mol. The van der Waals surface area contributed by atoms with E-state index in [2.05, 4.69) is 11.1 Å². The minimum absolute atomic E-state index is 0.0480. The molecule has 0 aliphatic rings. The van der Waals surface area contributed by atoms with Crippen LogP contribution < -0.4 is 0 Å². The second-order valence-electron chi connectivity index (χ2n) is 3.08. The van der Waals surface area contributed by atoms with Crippen LogP contribution in [0.5, 0.6) is 0 Å². The van der Waals surface area contributed by atoms with Gasteiger partial charge in [0.15, 0.2) is 0 Å². The van der Waals surface area contributed by atoms with Gasteiger partial charge in [-0.25, -0.2) is 0 Å². The lowest BCUT2D eigenvalue weighted by molar-refractivity contribution is 0.294. The number of rotatable bonds is 3. The summed E-state index contributed by atoms with van der Waals surface area (Å²) in [6.07, 6.45) is 3.53. The van der Waals surface area contributed by atoms with Crippen LogP contribution in [0.1, 0.15) is 12.5 Å². The molecule has 1 atom stereocenters. The number of hydrogen-bond donors (Lipinski definition) is 0. The van der Waals surface area contributed by atoms with E-state index in [1.54, 1.807) is 12.4 Å². The molecule has 1 unspecified atom stereocenters. The Labute approximate surface area is 78.6 Å². The molecule has 0 fully saturated rings. The number of hydrogen-bond acceptors (Lipinski definition) is 3. The first-order valence-corrected chi connectivity index (χ1v) is 4.23. The van der Waals surface area contributed by atoms with Crippen molar-refractivity contribution < 1.29 is 0 Å². The van der Waals surface area contributed by atoms with Crippen molar-refractivity contribution in [3.8, 4) is 6.07 Å². The quantitative estimate of drug-likeness (QED) is 0.697. The monoisotopic (exact) mass is 175 g/mol. The average Bonchev–Trinajstić information content (AvgIpc) is 2.18. The molecule has 1 heterocycles. The van der Waals surface area contributed by atoms with E-state index in [1.165, 1.54) is 5.56 Å². The molecule has 0 amide bonds. The largest absolute Gasteiger partial charge is 0.287 e. The Hall–Kier alpha value is -1.40. The Morgan fingerprint density at radius 3 is 2.69 bits per heavy atom. The molecule has 0 aliphatic carbocycles. The van der Waals surface area contributed by atoms with Gasteiger partial charge in [0.25, 0.3) is 0 Å². The van der Waals surface area contributed by atoms with Gasteiger partial charge in [-0.3, -0.25) is 9.88 Å². The zero-order chi connectivity index (χ0) is 9.68. The molecule has 0 radical (unpaired) electrons. The summed E-state index contributed by atoms with van der Waals surface area (Å²) >= 11 is 0. The van der Waals surface area contributed by atoms with Gasteiger partial charge < -0.3 is 0 Å². The molecular weight excluding hydrogens is 162 g/mol. The van der Waals surface area contributed by atoms with Gasteiger partial charge >= 0.3 is 0 Å². The van der Waals surface area contributed by atoms with E-state index in [1.807, 2.05) is 31.0 Å². The van der Waals surface area contributed by atoms with Crippen LogP contribution in [0, 0.1) is 11.3 Å². The lowest BCUT2D eigenvalue weighted by Crippen LogP contribution is -2.26. The van der Waals surface area contributed by atoms with E-state index >= 15 is 0 Å². The summed E-state index contributed by atoms with van der Waals surface area (Å²) in [4.78, 5) is 5.93. The van der Waals surface area contributed by atoms with Crippen molar-refractivity contribution in [2.45, 2.75) is 19.5 Å². The number of aromatic nitrogens is 1. The zero-order valence-electron chi connectivity index (χ0n) is 7.94. The smallest absolute Gasteiger partial charge is 0.0949 e. The van der Waals surface area contributed by atoms with Crippen LogP contribution in [0.3, 0.4) is 0 Å². The molecule has 0 aliphatic heterocycles. The second kappa shape index (κ2) is 4.58. The molecule has 0 N–H and O–H groups in total. The van der Waals surface area contributed by atoms with E-state index in [4.69, 9.17) is 5.26 Å². The fourth-order valence-corrected chi connectivity index (χ4v) is 1.01. The summed E-state index contributed by atoms with van der Waals surface area (Å²) in [7, 11) is 1.94. The van der Waals surface area contributed by atoms with Gasteiger partial charge in [-0.15, -0.1) is 0 Å². The third-order valence-corrected chi connectivity index (χ3v) is 2.03. The van der Waals surface area contributed by atoms with Crippen molar-refractivity contribution in [1.82, 2.24) is 9.88 Å². The Bertz CT molecular complexity index is 289. The minimum atomic E-state index is -0.0480. The van der Waals surface area contributed by atoms with E-state index in [9.17, 15) is 0 Å². The van der Waals surface area contributed by atoms with Gasteiger partial charge in [0.1, 0.15) is 0 Å². The highest BCUT2D eigenvalue weighted by atomic mass is 15.1. The third-order valence-electron chi connectivity index (χ3n) is 2.03. The van der Waals surface area contributed by atoms with Crippen LogP contribution >= 0.6 is 0 Å². The lowest BCUT2D eigenvalue weighted by Gasteiger charge is -2.18. The molecule has 0 bridgehead atoms. The standard InChI is InChI=1S/C10H13N3/c1-9(7-11)13(2)8-10-3-5-12-6-4-10/h3-6,9H,8H2,1-2H3. The normalized spacial score (nSPS) is 12.5. The van der Waals surface area contributed by atoms with E-state index in [0.29, 0.717) is 0 Å². The van der Waals surface area contributed by atoms with Gasteiger partial charge in [0.2, 0.25) is 0 Å². The van der Waals surface area contributed by atoms with E-state index < -0.39 is 0 Å². The topological polar surface area (TPSA) is 39.9 Å². The SMILES string of the molecule is CC(C#N)N(C)Cc1ccncc1. The maximum absolute atomic E-state index is 8.68. The molecule has 0 spiro atoms. The number of nitrogens with zero attached hydrogens (tertiary/aromatic N) is 3. The highest BCUT2D eigenvalue weighted by Crippen LogP contribution is 2.03. The van der Waals surface area contributed by atoms with Gasteiger partial charge in [-0.05, 0) is 31.7 Å². The fourth-order valence-electron chi connectivity index (χ4n) is 1.01. The van der Waals surface area contributed by atoms with Gasteiger partial charge in [-0.1, -0.05) is 0 Å². The molecule has 0 saturated carbocycles. The predicted molar refractivity (Wildman–Crippen MR) is 50.8 cm³/mol. The summed E-state index contributed by atoms with van der Waals surface area (Å²) in [5.74, 6) is 0. The lowest BCUT2D eigenvalue weighted by atomic mass is 10.2. The Morgan fingerprint density at radius 1 is 1.54 bits per heavy atom. The molecule has 3 nitrogen and oxygen atoms in total. The van der Waals surface area contributed by atoms with Crippen LogP contribution in [-0.2, 0) is 6.54 Å². The summed E-state index contributed by atoms with van der Waals surface area (Å²) in [6, 6.07) is 6.07. The van der Waals surface area contributed by atoms with Gasteiger partial charge in [0.05, 0.1) is 12.1 Å². The summed E-state index contributed by atoms with van der Waals surface area (Å²) in [5.41, 5.74) is 1.18. The summed E-state index contributed by atoms with van der Waals surface area (Å²) in [5, 5.41) is 8.68. The molecule has 13 heavy (non-hydrogen) atoms. The minimum Gasteiger partial charge on any atom is -0.287 e. The maximum atomic E-state index is 8.68. The Morgan fingerprint density at radius 2 is 2.15 bits per heavy atom. The van der Waals surface area contributed by atoms with Crippen LogP contribution in [0.4, 0.5) is 0 Å². The summed E-state index contributed by atoms with van der Waals surface area (Å²) < 4.78 is 0.